The average molecular weight is 195 g/mol. The van der Waals surface area contributed by atoms with Gasteiger partial charge in [-0.2, -0.15) is 0 Å². The number of rotatable bonds is 3. The second-order valence-corrected chi connectivity index (χ2v) is 4.61. The number of nitrogens with two attached hydrogens (primary N) is 1. The van der Waals surface area contributed by atoms with Gasteiger partial charge in [-0.3, -0.25) is 4.79 Å². The van der Waals surface area contributed by atoms with E-state index >= 15 is 0 Å². The van der Waals surface area contributed by atoms with Crippen molar-refractivity contribution < 1.29 is 9.21 Å². The molecule has 0 aliphatic rings. The van der Waals surface area contributed by atoms with E-state index in [2.05, 4.69) is 0 Å². The minimum Gasteiger partial charge on any atom is -0.472 e. The summed E-state index contributed by atoms with van der Waals surface area (Å²) >= 11 is 0. The van der Waals surface area contributed by atoms with E-state index in [1.807, 2.05) is 20.8 Å². The summed E-state index contributed by atoms with van der Waals surface area (Å²) in [5, 5.41) is 0. The molecule has 1 heterocycles. The van der Waals surface area contributed by atoms with Crippen LogP contribution in [0.25, 0.3) is 0 Å². The number of furan rings is 1. The summed E-state index contributed by atoms with van der Waals surface area (Å²) in [6, 6.07) is 1.54. The van der Waals surface area contributed by atoms with Crippen LogP contribution in [0.1, 0.15) is 37.6 Å². The van der Waals surface area contributed by atoms with Crippen LogP contribution < -0.4 is 5.73 Å². The van der Waals surface area contributed by atoms with E-state index in [-0.39, 0.29) is 17.2 Å². The van der Waals surface area contributed by atoms with E-state index in [4.69, 9.17) is 10.2 Å². The second-order valence-electron chi connectivity index (χ2n) is 4.61. The Morgan fingerprint density at radius 1 is 1.57 bits per heavy atom. The molecule has 1 unspecified atom stereocenters. The third kappa shape index (κ3) is 2.70. The summed E-state index contributed by atoms with van der Waals surface area (Å²) in [5.74, 6) is 0.0428. The van der Waals surface area contributed by atoms with Crippen LogP contribution in [-0.4, -0.2) is 11.8 Å². The lowest BCUT2D eigenvalue weighted by atomic mass is 9.84. The van der Waals surface area contributed by atoms with E-state index in [1.165, 1.54) is 12.5 Å². The van der Waals surface area contributed by atoms with E-state index in [1.54, 1.807) is 6.07 Å². The molecule has 1 atom stereocenters. The zero-order valence-corrected chi connectivity index (χ0v) is 8.91. The van der Waals surface area contributed by atoms with Crippen LogP contribution in [-0.2, 0) is 0 Å². The molecule has 1 rings (SSSR count). The van der Waals surface area contributed by atoms with Crippen LogP contribution in [0.5, 0.6) is 0 Å². The maximum atomic E-state index is 11.6. The van der Waals surface area contributed by atoms with Crippen LogP contribution >= 0.6 is 0 Å². The normalized spacial score (nSPS) is 14.0. The minimum absolute atomic E-state index is 0.0423. The van der Waals surface area contributed by atoms with Gasteiger partial charge < -0.3 is 10.2 Å². The molecule has 0 spiro atoms. The smallest absolute Gasteiger partial charge is 0.167 e. The molecule has 14 heavy (non-hydrogen) atoms. The molecule has 1 aromatic rings. The monoisotopic (exact) mass is 195 g/mol. The predicted octanol–water partition coefficient (Wildman–Crippen LogP) is 2.23. The quantitative estimate of drug-likeness (QED) is 0.752. The van der Waals surface area contributed by atoms with Gasteiger partial charge in [0.25, 0.3) is 0 Å². The van der Waals surface area contributed by atoms with E-state index < -0.39 is 0 Å². The molecule has 0 amide bonds. The van der Waals surface area contributed by atoms with Gasteiger partial charge in [-0.1, -0.05) is 20.8 Å². The Kier molecular flexibility index (Phi) is 3.11. The van der Waals surface area contributed by atoms with Gasteiger partial charge in [-0.15, -0.1) is 0 Å². The van der Waals surface area contributed by atoms with Crippen molar-refractivity contribution in [1.82, 2.24) is 0 Å². The third-order valence-electron chi connectivity index (χ3n) is 2.36. The molecule has 3 nitrogen and oxygen atoms in total. The molecule has 0 bridgehead atoms. The van der Waals surface area contributed by atoms with Gasteiger partial charge in [0, 0.05) is 12.5 Å². The highest BCUT2D eigenvalue weighted by Crippen LogP contribution is 2.21. The van der Waals surface area contributed by atoms with Crippen molar-refractivity contribution in [1.29, 1.82) is 0 Å². The van der Waals surface area contributed by atoms with Gasteiger partial charge in [0.2, 0.25) is 0 Å². The Bertz CT molecular complexity index is 296. The first-order valence-electron chi connectivity index (χ1n) is 4.72. The fraction of sp³-hybridized carbons (Fsp3) is 0.545. The summed E-state index contributed by atoms with van der Waals surface area (Å²) in [5.41, 5.74) is 6.47. The summed E-state index contributed by atoms with van der Waals surface area (Å²) < 4.78 is 4.84. The Morgan fingerprint density at radius 3 is 2.64 bits per heavy atom. The molecular weight excluding hydrogens is 178 g/mol. The SMILES string of the molecule is CC(C)(C)C(N)CC(=O)c1ccoc1. The number of Topliss-reactive ketones (excluding diaryl/α,β-unsaturated/α-hetero) is 1. The van der Waals surface area contributed by atoms with Crippen molar-refractivity contribution in [3.05, 3.63) is 24.2 Å². The predicted molar refractivity (Wildman–Crippen MR) is 55.1 cm³/mol. The Hall–Kier alpha value is -1.09. The highest BCUT2D eigenvalue weighted by atomic mass is 16.3. The van der Waals surface area contributed by atoms with Crippen LogP contribution in [0.3, 0.4) is 0 Å². The zero-order chi connectivity index (χ0) is 10.8. The average Bonchev–Trinajstić information content (AvgIpc) is 2.53. The molecular formula is C11H17NO2. The van der Waals surface area contributed by atoms with E-state index in [0.717, 1.165) is 0 Å². The lowest BCUT2D eigenvalue weighted by Gasteiger charge is -2.26. The van der Waals surface area contributed by atoms with Crippen molar-refractivity contribution in [3.63, 3.8) is 0 Å². The van der Waals surface area contributed by atoms with Gasteiger partial charge in [0.1, 0.15) is 6.26 Å². The van der Waals surface area contributed by atoms with Gasteiger partial charge in [0.05, 0.1) is 11.8 Å². The lowest BCUT2D eigenvalue weighted by molar-refractivity contribution is 0.0952. The van der Waals surface area contributed by atoms with Gasteiger partial charge in [0.15, 0.2) is 5.78 Å². The zero-order valence-electron chi connectivity index (χ0n) is 8.91. The number of ketones is 1. The first-order chi connectivity index (χ1) is 6.41. The number of carbonyl (C=O) groups is 1. The van der Waals surface area contributed by atoms with Crippen LogP contribution in [0.4, 0.5) is 0 Å². The maximum Gasteiger partial charge on any atom is 0.167 e. The fourth-order valence-corrected chi connectivity index (χ4v) is 1.05. The molecule has 1 aromatic heterocycles. The first kappa shape index (κ1) is 11.0. The Labute approximate surface area is 84.3 Å². The van der Waals surface area contributed by atoms with E-state index in [0.29, 0.717) is 12.0 Å². The topological polar surface area (TPSA) is 56.2 Å². The number of hydrogen-bond acceptors (Lipinski definition) is 3. The van der Waals surface area contributed by atoms with Gasteiger partial charge >= 0.3 is 0 Å². The minimum atomic E-state index is -0.120. The highest BCUT2D eigenvalue weighted by molar-refractivity contribution is 5.96. The fourth-order valence-electron chi connectivity index (χ4n) is 1.05. The molecule has 0 saturated carbocycles. The standard InChI is InChI=1S/C11H17NO2/c1-11(2,3)10(12)6-9(13)8-4-5-14-7-8/h4-5,7,10H,6,12H2,1-3H3. The lowest BCUT2D eigenvalue weighted by Crippen LogP contribution is -2.36. The molecule has 0 aliphatic carbocycles. The van der Waals surface area contributed by atoms with Crippen LogP contribution in [0.15, 0.2) is 23.0 Å². The second kappa shape index (κ2) is 3.96. The van der Waals surface area contributed by atoms with Crippen molar-refractivity contribution >= 4 is 5.78 Å². The Morgan fingerprint density at radius 2 is 2.21 bits per heavy atom. The van der Waals surface area contributed by atoms with Gasteiger partial charge in [-0.25, -0.2) is 0 Å². The summed E-state index contributed by atoms with van der Waals surface area (Å²) in [4.78, 5) is 11.6. The van der Waals surface area contributed by atoms with Crippen molar-refractivity contribution in [2.24, 2.45) is 11.1 Å². The molecule has 0 fully saturated rings. The molecule has 0 aliphatic heterocycles. The maximum absolute atomic E-state index is 11.6. The molecule has 0 radical (unpaired) electrons. The molecule has 0 aromatic carbocycles. The summed E-state index contributed by atoms with van der Waals surface area (Å²) in [7, 11) is 0. The highest BCUT2D eigenvalue weighted by Gasteiger charge is 2.23. The molecule has 78 valence electrons. The number of hydrogen-bond donors (Lipinski definition) is 1. The van der Waals surface area contributed by atoms with Crippen LogP contribution in [0, 0.1) is 5.41 Å². The van der Waals surface area contributed by atoms with Crippen molar-refractivity contribution in [2.45, 2.75) is 33.2 Å². The van der Waals surface area contributed by atoms with Gasteiger partial charge in [-0.05, 0) is 11.5 Å². The summed E-state index contributed by atoms with van der Waals surface area (Å²) in [6.07, 6.45) is 3.32. The largest absolute Gasteiger partial charge is 0.472 e. The molecule has 3 heteroatoms. The third-order valence-corrected chi connectivity index (χ3v) is 2.36. The van der Waals surface area contributed by atoms with Crippen molar-refractivity contribution in [2.75, 3.05) is 0 Å². The molecule has 2 N–H and O–H groups in total. The first-order valence-corrected chi connectivity index (χ1v) is 4.72. The van der Waals surface area contributed by atoms with Crippen molar-refractivity contribution in [3.8, 4) is 0 Å². The van der Waals surface area contributed by atoms with Crippen LogP contribution in [0.2, 0.25) is 0 Å². The summed E-state index contributed by atoms with van der Waals surface area (Å²) in [6.45, 7) is 6.08. The molecule has 0 saturated heterocycles. The Balaban J connectivity index is 2.58. The number of carbonyl (C=O) groups excluding carboxylic acids is 1. The van der Waals surface area contributed by atoms with E-state index in [9.17, 15) is 4.79 Å².